The number of thiazole rings is 1. The first-order valence-electron chi connectivity index (χ1n) is 9.52. The van der Waals surface area contributed by atoms with Gasteiger partial charge in [0.2, 0.25) is 0 Å². The van der Waals surface area contributed by atoms with Gasteiger partial charge in [-0.25, -0.2) is 4.98 Å². The SMILES string of the molecule is N#Cc1ccc(CNc2nc(-c3ccccc3)c(Cc3ccc(C#N)cc3)s2)cc1. The number of nitrogens with one attached hydrogen (secondary N) is 1. The predicted molar refractivity (Wildman–Crippen MR) is 120 cm³/mol. The number of nitriles is 2. The number of anilines is 1. The van der Waals surface area contributed by atoms with E-state index in [9.17, 15) is 0 Å². The van der Waals surface area contributed by atoms with Gasteiger partial charge in [0.25, 0.3) is 0 Å². The molecule has 4 aromatic rings. The zero-order chi connectivity index (χ0) is 20.8. The van der Waals surface area contributed by atoms with Crippen molar-refractivity contribution in [3.05, 3.63) is 106 Å². The smallest absolute Gasteiger partial charge is 0.183 e. The molecule has 144 valence electrons. The highest BCUT2D eigenvalue weighted by Crippen LogP contribution is 2.33. The van der Waals surface area contributed by atoms with Gasteiger partial charge in [0.05, 0.1) is 29.0 Å². The van der Waals surface area contributed by atoms with E-state index in [1.165, 1.54) is 4.88 Å². The molecule has 1 heterocycles. The third-order valence-electron chi connectivity index (χ3n) is 4.72. The van der Waals surface area contributed by atoms with E-state index >= 15 is 0 Å². The van der Waals surface area contributed by atoms with Crippen molar-refractivity contribution in [2.45, 2.75) is 13.0 Å². The lowest BCUT2D eigenvalue weighted by atomic mass is 10.1. The van der Waals surface area contributed by atoms with Crippen molar-refractivity contribution in [1.82, 2.24) is 4.98 Å². The monoisotopic (exact) mass is 406 g/mol. The summed E-state index contributed by atoms with van der Waals surface area (Å²) in [5.41, 5.74) is 5.63. The third kappa shape index (κ3) is 4.55. The second-order valence-electron chi connectivity index (χ2n) is 6.80. The number of nitrogens with zero attached hydrogens (tertiary/aromatic N) is 3. The highest BCUT2D eigenvalue weighted by atomic mass is 32.1. The molecule has 0 fully saturated rings. The van der Waals surface area contributed by atoms with E-state index in [1.54, 1.807) is 11.3 Å². The molecule has 0 unspecified atom stereocenters. The fourth-order valence-electron chi connectivity index (χ4n) is 3.13. The Labute approximate surface area is 179 Å². The Morgan fingerprint density at radius 3 is 1.97 bits per heavy atom. The lowest BCUT2D eigenvalue weighted by Gasteiger charge is -2.03. The van der Waals surface area contributed by atoms with Crippen molar-refractivity contribution in [3.8, 4) is 23.4 Å². The van der Waals surface area contributed by atoms with E-state index in [1.807, 2.05) is 66.7 Å². The minimum absolute atomic E-state index is 0.643. The first-order valence-corrected chi connectivity index (χ1v) is 10.3. The predicted octanol–water partition coefficient (Wildman–Crippen LogP) is 5.76. The van der Waals surface area contributed by atoms with Crippen LogP contribution in [0.5, 0.6) is 0 Å². The van der Waals surface area contributed by atoms with Crippen LogP contribution < -0.4 is 5.32 Å². The Hall–Kier alpha value is -3.93. The summed E-state index contributed by atoms with van der Waals surface area (Å²) < 4.78 is 0. The molecular formula is C25H18N4S. The fraction of sp³-hybridized carbons (Fsp3) is 0.0800. The van der Waals surface area contributed by atoms with Crippen molar-refractivity contribution >= 4 is 16.5 Å². The van der Waals surface area contributed by atoms with Crippen LogP contribution in [0.3, 0.4) is 0 Å². The Morgan fingerprint density at radius 2 is 1.37 bits per heavy atom. The zero-order valence-electron chi connectivity index (χ0n) is 16.2. The molecule has 1 aromatic heterocycles. The second kappa shape index (κ2) is 9.05. The topological polar surface area (TPSA) is 72.5 Å². The van der Waals surface area contributed by atoms with Crippen LogP contribution in [0.15, 0.2) is 78.9 Å². The van der Waals surface area contributed by atoms with Gasteiger partial charge in [-0.3, -0.25) is 0 Å². The largest absolute Gasteiger partial charge is 0.357 e. The summed E-state index contributed by atoms with van der Waals surface area (Å²) in [5, 5.41) is 22.2. The van der Waals surface area contributed by atoms with Gasteiger partial charge < -0.3 is 5.32 Å². The normalized spacial score (nSPS) is 10.2. The van der Waals surface area contributed by atoms with Crippen LogP contribution in [0.4, 0.5) is 5.13 Å². The molecule has 4 nitrogen and oxygen atoms in total. The molecule has 0 saturated carbocycles. The molecule has 30 heavy (non-hydrogen) atoms. The summed E-state index contributed by atoms with van der Waals surface area (Å²) in [6.07, 6.45) is 0.756. The molecule has 4 rings (SSSR count). The van der Waals surface area contributed by atoms with E-state index in [0.29, 0.717) is 17.7 Å². The van der Waals surface area contributed by atoms with Gasteiger partial charge in [-0.2, -0.15) is 10.5 Å². The van der Waals surface area contributed by atoms with E-state index in [2.05, 4.69) is 29.6 Å². The molecule has 0 amide bonds. The second-order valence-corrected chi connectivity index (χ2v) is 7.89. The van der Waals surface area contributed by atoms with E-state index < -0.39 is 0 Å². The van der Waals surface area contributed by atoms with Gasteiger partial charge in [0.1, 0.15) is 0 Å². The Balaban J connectivity index is 1.58. The maximum absolute atomic E-state index is 9.01. The number of rotatable bonds is 6. The first kappa shape index (κ1) is 19.4. The highest BCUT2D eigenvalue weighted by molar-refractivity contribution is 7.16. The van der Waals surface area contributed by atoms with Crippen molar-refractivity contribution < 1.29 is 0 Å². The summed E-state index contributed by atoms with van der Waals surface area (Å²) in [7, 11) is 0. The maximum atomic E-state index is 9.01. The van der Waals surface area contributed by atoms with Gasteiger partial charge in [-0.15, -0.1) is 11.3 Å². The standard InChI is InChI=1S/C25H18N4S/c26-15-19-8-6-18(7-9-19)14-23-24(22-4-2-1-3-5-22)29-25(30-23)28-17-21-12-10-20(16-27)11-13-21/h1-13H,14,17H2,(H,28,29). The first-order chi connectivity index (χ1) is 14.7. The van der Waals surface area contributed by atoms with Crippen LogP contribution in [-0.4, -0.2) is 4.98 Å². The number of hydrogen-bond donors (Lipinski definition) is 1. The summed E-state index contributed by atoms with van der Waals surface area (Å²) in [6.45, 7) is 0.643. The number of hydrogen-bond acceptors (Lipinski definition) is 5. The van der Waals surface area contributed by atoms with E-state index in [-0.39, 0.29) is 0 Å². The minimum atomic E-state index is 0.643. The summed E-state index contributed by atoms with van der Waals surface area (Å²) >= 11 is 1.65. The van der Waals surface area contributed by atoms with E-state index in [4.69, 9.17) is 15.5 Å². The van der Waals surface area contributed by atoms with Gasteiger partial charge in [0.15, 0.2) is 5.13 Å². The molecule has 0 spiro atoms. The Kier molecular flexibility index (Phi) is 5.85. The van der Waals surface area contributed by atoms with E-state index in [0.717, 1.165) is 33.9 Å². The van der Waals surface area contributed by atoms with Crippen LogP contribution in [0.25, 0.3) is 11.3 Å². The quantitative estimate of drug-likeness (QED) is 0.442. The van der Waals surface area contributed by atoms with Crippen LogP contribution in [0, 0.1) is 22.7 Å². The third-order valence-corrected chi connectivity index (χ3v) is 5.73. The molecule has 1 N–H and O–H groups in total. The molecule has 3 aromatic carbocycles. The number of aromatic nitrogens is 1. The molecular weight excluding hydrogens is 388 g/mol. The molecule has 5 heteroatoms. The lowest BCUT2D eigenvalue weighted by Crippen LogP contribution is -1.98. The Morgan fingerprint density at radius 1 is 0.767 bits per heavy atom. The highest BCUT2D eigenvalue weighted by Gasteiger charge is 2.14. The van der Waals surface area contributed by atoms with Gasteiger partial charge in [-0.05, 0) is 35.4 Å². The molecule has 0 radical (unpaired) electrons. The molecule has 0 bridgehead atoms. The summed E-state index contributed by atoms with van der Waals surface area (Å²) in [6, 6.07) is 29.7. The maximum Gasteiger partial charge on any atom is 0.183 e. The van der Waals surface area contributed by atoms with Crippen molar-refractivity contribution in [2.75, 3.05) is 5.32 Å². The van der Waals surface area contributed by atoms with Crippen LogP contribution in [0.2, 0.25) is 0 Å². The summed E-state index contributed by atoms with van der Waals surface area (Å²) in [5.74, 6) is 0. The lowest BCUT2D eigenvalue weighted by molar-refractivity contribution is 1.13. The molecule has 0 aliphatic heterocycles. The van der Waals surface area contributed by atoms with Gasteiger partial charge >= 0.3 is 0 Å². The minimum Gasteiger partial charge on any atom is -0.357 e. The molecule has 0 aliphatic carbocycles. The van der Waals surface area contributed by atoms with Crippen LogP contribution in [0.1, 0.15) is 27.1 Å². The molecule has 0 saturated heterocycles. The van der Waals surface area contributed by atoms with Gasteiger partial charge in [-0.1, -0.05) is 54.6 Å². The van der Waals surface area contributed by atoms with Crippen molar-refractivity contribution in [2.24, 2.45) is 0 Å². The van der Waals surface area contributed by atoms with Crippen molar-refractivity contribution in [1.29, 1.82) is 10.5 Å². The Bertz CT molecular complexity index is 1210. The average Bonchev–Trinajstić information content (AvgIpc) is 3.21. The average molecular weight is 407 g/mol. The fourth-order valence-corrected chi connectivity index (χ4v) is 4.14. The summed E-state index contributed by atoms with van der Waals surface area (Å²) in [4.78, 5) is 6.04. The van der Waals surface area contributed by atoms with Crippen LogP contribution >= 0.6 is 11.3 Å². The molecule has 0 aliphatic rings. The van der Waals surface area contributed by atoms with Gasteiger partial charge in [0, 0.05) is 23.4 Å². The van der Waals surface area contributed by atoms with Crippen LogP contribution in [-0.2, 0) is 13.0 Å². The molecule has 0 atom stereocenters. The number of benzene rings is 3. The van der Waals surface area contributed by atoms with Crippen molar-refractivity contribution in [3.63, 3.8) is 0 Å². The zero-order valence-corrected chi connectivity index (χ0v) is 17.0.